The van der Waals surface area contributed by atoms with Crippen LogP contribution in [0.1, 0.15) is 40.7 Å². The molecule has 2 aromatic carbocycles. The van der Waals surface area contributed by atoms with Crippen molar-refractivity contribution in [1.29, 1.82) is 0 Å². The van der Waals surface area contributed by atoms with Crippen molar-refractivity contribution in [2.75, 3.05) is 27.0 Å². The second-order valence-electron chi connectivity index (χ2n) is 7.12. The van der Waals surface area contributed by atoms with Gasteiger partial charge in [0.25, 0.3) is 0 Å². The van der Waals surface area contributed by atoms with E-state index in [1.54, 1.807) is 19.3 Å². The number of phenols is 1. The van der Waals surface area contributed by atoms with Gasteiger partial charge in [-0.1, -0.05) is 40.6 Å². The summed E-state index contributed by atoms with van der Waals surface area (Å²) in [6, 6.07) is 10.9. The van der Waals surface area contributed by atoms with Crippen molar-refractivity contribution in [3.8, 4) is 11.5 Å². The normalized spacial score (nSPS) is 15.0. The first-order valence-electron chi connectivity index (χ1n) is 9.75. The van der Waals surface area contributed by atoms with E-state index in [1.165, 1.54) is 31.4 Å². The first kappa shape index (κ1) is 21.6. The molecule has 154 valence electrons. The highest BCUT2D eigenvalue weighted by atomic mass is 79.9. The first-order valence-corrected chi connectivity index (χ1v) is 10.5. The molecule has 0 unspecified atom stereocenters. The number of carbonyl (C=O) groups is 1. The van der Waals surface area contributed by atoms with Gasteiger partial charge in [-0.15, -0.1) is 0 Å². The summed E-state index contributed by atoms with van der Waals surface area (Å²) in [4.78, 5) is 15.1. The van der Waals surface area contributed by atoms with Crippen LogP contribution >= 0.6 is 15.9 Å². The second kappa shape index (κ2) is 10.6. The minimum atomic E-state index is -0.249. The van der Waals surface area contributed by atoms with Crippen LogP contribution in [0.25, 0.3) is 6.08 Å². The minimum absolute atomic E-state index is 0.0858. The molecule has 1 saturated heterocycles. The molecule has 3 rings (SSSR count). The van der Waals surface area contributed by atoms with Crippen LogP contribution in [0.4, 0.5) is 0 Å². The maximum atomic E-state index is 12.8. The van der Waals surface area contributed by atoms with E-state index in [-0.39, 0.29) is 23.9 Å². The highest BCUT2D eigenvalue weighted by Crippen LogP contribution is 2.31. The SMILES string of the molecule is COCOc1cc(O)c(C(=O)/C=C/c2cccc(Br)c2)cc1CN1CCCCC1. The Morgan fingerprint density at radius 3 is 2.72 bits per heavy atom. The van der Waals surface area contributed by atoms with Crippen molar-refractivity contribution < 1.29 is 19.4 Å². The molecular formula is C23H26BrNO4. The first-order chi connectivity index (χ1) is 14.1. The highest BCUT2D eigenvalue weighted by Gasteiger charge is 2.18. The number of aromatic hydroxyl groups is 1. The van der Waals surface area contributed by atoms with Crippen molar-refractivity contribution in [2.24, 2.45) is 0 Å². The summed E-state index contributed by atoms with van der Waals surface area (Å²) in [7, 11) is 1.55. The van der Waals surface area contributed by atoms with Crippen molar-refractivity contribution in [1.82, 2.24) is 4.90 Å². The lowest BCUT2D eigenvalue weighted by atomic mass is 10.0. The Kier molecular flexibility index (Phi) is 7.86. The fourth-order valence-corrected chi connectivity index (χ4v) is 3.84. The Hall–Kier alpha value is -2.15. The molecule has 2 aromatic rings. The van der Waals surface area contributed by atoms with Gasteiger partial charge in [-0.3, -0.25) is 9.69 Å². The topological polar surface area (TPSA) is 59.0 Å². The molecule has 0 radical (unpaired) electrons. The molecule has 1 aliphatic heterocycles. The average Bonchev–Trinajstić information content (AvgIpc) is 2.72. The quantitative estimate of drug-likeness (QED) is 0.341. The Morgan fingerprint density at radius 2 is 2.00 bits per heavy atom. The van der Waals surface area contributed by atoms with Gasteiger partial charge in [-0.2, -0.15) is 0 Å². The minimum Gasteiger partial charge on any atom is -0.507 e. The fourth-order valence-electron chi connectivity index (χ4n) is 3.42. The number of nitrogens with zero attached hydrogens (tertiary/aromatic N) is 1. The second-order valence-corrected chi connectivity index (χ2v) is 8.03. The van der Waals surface area contributed by atoms with Gasteiger partial charge < -0.3 is 14.6 Å². The predicted octanol–water partition coefficient (Wildman–Crippen LogP) is 5.02. The number of carbonyl (C=O) groups excluding carboxylic acids is 1. The molecule has 6 heteroatoms. The van der Waals surface area contributed by atoms with Gasteiger partial charge in [-0.25, -0.2) is 0 Å². The molecule has 0 aromatic heterocycles. The average molecular weight is 460 g/mol. The number of methoxy groups -OCH3 is 1. The monoisotopic (exact) mass is 459 g/mol. The van der Waals surface area contributed by atoms with E-state index in [0.717, 1.165) is 28.7 Å². The van der Waals surface area contributed by atoms with Gasteiger partial charge in [0.2, 0.25) is 0 Å². The van der Waals surface area contributed by atoms with Gasteiger partial charge in [0.1, 0.15) is 11.5 Å². The third-order valence-corrected chi connectivity index (χ3v) is 5.39. The standard InChI is InChI=1S/C23H26BrNO4/c1-28-16-29-23-14-22(27)20(13-18(23)15-25-10-3-2-4-11-25)21(26)9-8-17-6-5-7-19(24)12-17/h5-9,12-14,27H,2-4,10-11,15-16H2,1H3/b9-8+. The Bertz CT molecular complexity index is 875. The number of halogens is 1. The van der Waals surface area contributed by atoms with E-state index < -0.39 is 0 Å². The van der Waals surface area contributed by atoms with E-state index in [9.17, 15) is 9.90 Å². The molecule has 1 N–H and O–H groups in total. The van der Waals surface area contributed by atoms with Crippen LogP contribution in [0.3, 0.4) is 0 Å². The summed E-state index contributed by atoms with van der Waals surface area (Å²) >= 11 is 3.42. The zero-order valence-electron chi connectivity index (χ0n) is 16.6. The zero-order valence-corrected chi connectivity index (χ0v) is 18.2. The van der Waals surface area contributed by atoms with Crippen LogP contribution in [0.15, 0.2) is 46.9 Å². The number of piperidine rings is 1. The number of benzene rings is 2. The number of rotatable bonds is 8. The van der Waals surface area contributed by atoms with Gasteiger partial charge in [-0.05, 0) is 55.8 Å². The molecular weight excluding hydrogens is 434 g/mol. The molecule has 1 heterocycles. The smallest absolute Gasteiger partial charge is 0.189 e. The lowest BCUT2D eigenvalue weighted by molar-refractivity contribution is 0.0495. The van der Waals surface area contributed by atoms with Crippen molar-refractivity contribution in [2.45, 2.75) is 25.8 Å². The highest BCUT2D eigenvalue weighted by molar-refractivity contribution is 9.10. The maximum Gasteiger partial charge on any atom is 0.189 e. The van der Waals surface area contributed by atoms with Crippen LogP contribution in [0.2, 0.25) is 0 Å². The lowest BCUT2D eigenvalue weighted by Gasteiger charge is -2.27. The van der Waals surface area contributed by atoms with Crippen LogP contribution in [0.5, 0.6) is 11.5 Å². The number of allylic oxidation sites excluding steroid dienone is 1. The number of hydrogen-bond donors (Lipinski definition) is 1. The molecule has 29 heavy (non-hydrogen) atoms. The number of likely N-dealkylation sites (tertiary alicyclic amines) is 1. The van der Waals surface area contributed by atoms with Crippen molar-refractivity contribution in [3.05, 3.63) is 63.6 Å². The van der Waals surface area contributed by atoms with Crippen LogP contribution in [-0.2, 0) is 11.3 Å². The lowest BCUT2D eigenvalue weighted by Crippen LogP contribution is -2.29. The third kappa shape index (κ3) is 6.16. The van der Waals surface area contributed by atoms with E-state index >= 15 is 0 Å². The van der Waals surface area contributed by atoms with Gasteiger partial charge in [0, 0.05) is 29.8 Å². The van der Waals surface area contributed by atoms with Crippen LogP contribution in [-0.4, -0.2) is 42.8 Å². The maximum absolute atomic E-state index is 12.8. The molecule has 5 nitrogen and oxygen atoms in total. The molecule has 0 spiro atoms. The van der Waals surface area contributed by atoms with Gasteiger partial charge in [0.15, 0.2) is 12.6 Å². The summed E-state index contributed by atoms with van der Waals surface area (Å²) in [5, 5.41) is 10.4. The van der Waals surface area contributed by atoms with Gasteiger partial charge >= 0.3 is 0 Å². The summed E-state index contributed by atoms with van der Waals surface area (Å²) in [6.45, 7) is 2.81. The molecule has 0 saturated carbocycles. The fraction of sp³-hybridized carbons (Fsp3) is 0.348. The molecule has 0 bridgehead atoms. The Balaban J connectivity index is 1.84. The van der Waals surface area contributed by atoms with E-state index in [4.69, 9.17) is 9.47 Å². The summed E-state index contributed by atoms with van der Waals surface area (Å²) in [5.41, 5.74) is 2.05. The number of hydrogen-bond acceptors (Lipinski definition) is 5. The van der Waals surface area contributed by atoms with E-state index in [1.807, 2.05) is 24.3 Å². The van der Waals surface area contributed by atoms with Crippen LogP contribution < -0.4 is 4.74 Å². The molecule has 1 fully saturated rings. The largest absolute Gasteiger partial charge is 0.507 e. The molecule has 0 atom stereocenters. The predicted molar refractivity (Wildman–Crippen MR) is 117 cm³/mol. The van der Waals surface area contributed by atoms with E-state index in [2.05, 4.69) is 20.8 Å². The van der Waals surface area contributed by atoms with Crippen LogP contribution in [0, 0.1) is 0 Å². The van der Waals surface area contributed by atoms with Gasteiger partial charge in [0.05, 0.1) is 5.56 Å². The number of phenolic OH excluding ortho intramolecular Hbond substituents is 1. The van der Waals surface area contributed by atoms with Crippen molar-refractivity contribution >= 4 is 27.8 Å². The summed E-state index contributed by atoms with van der Waals surface area (Å²) in [6.07, 6.45) is 6.83. The van der Waals surface area contributed by atoms with E-state index in [0.29, 0.717) is 12.3 Å². The molecule has 1 aliphatic rings. The third-order valence-electron chi connectivity index (χ3n) is 4.90. The Morgan fingerprint density at radius 1 is 1.21 bits per heavy atom. The zero-order chi connectivity index (χ0) is 20.6. The Labute approximate surface area is 180 Å². The molecule has 0 amide bonds. The number of ketones is 1. The van der Waals surface area contributed by atoms with Crippen molar-refractivity contribution in [3.63, 3.8) is 0 Å². The molecule has 0 aliphatic carbocycles. The summed E-state index contributed by atoms with van der Waals surface area (Å²) < 4.78 is 11.6. The number of ether oxygens (including phenoxy) is 2. The summed E-state index contributed by atoms with van der Waals surface area (Å²) in [5.74, 6) is 0.200.